The van der Waals surface area contributed by atoms with Crippen LogP contribution in [-0.2, 0) is 4.74 Å². The zero-order valence-corrected chi connectivity index (χ0v) is 13.8. The predicted molar refractivity (Wildman–Crippen MR) is 91.5 cm³/mol. The van der Waals surface area contributed by atoms with Gasteiger partial charge in [0.2, 0.25) is 0 Å². The fraction of sp³-hybridized carbons (Fsp3) is 0.250. The number of hydrogen-bond acceptors (Lipinski definition) is 2. The number of carbonyl (C=O) groups excluding carboxylic acids is 1. The van der Waals surface area contributed by atoms with Gasteiger partial charge in [0.1, 0.15) is 13.2 Å². The number of halogens is 3. The highest BCUT2D eigenvalue weighted by atomic mass is 19.4. The van der Waals surface area contributed by atoms with Gasteiger partial charge in [-0.05, 0) is 22.3 Å². The van der Waals surface area contributed by atoms with E-state index >= 15 is 0 Å². The Morgan fingerprint density at radius 3 is 2.12 bits per heavy atom. The molecular weight excluding hydrogens is 343 g/mol. The minimum atomic E-state index is -4.54. The highest BCUT2D eigenvalue weighted by Gasteiger charge is 2.34. The number of benzene rings is 2. The van der Waals surface area contributed by atoms with E-state index in [0.717, 1.165) is 22.3 Å². The van der Waals surface area contributed by atoms with Crippen molar-refractivity contribution in [2.45, 2.75) is 12.1 Å². The van der Waals surface area contributed by atoms with Gasteiger partial charge < -0.3 is 4.74 Å². The summed E-state index contributed by atoms with van der Waals surface area (Å²) >= 11 is 0. The number of alkyl halides is 3. The Morgan fingerprint density at radius 2 is 1.62 bits per heavy atom. The summed E-state index contributed by atoms with van der Waals surface area (Å²) in [5.74, 6) is 1.84. The van der Waals surface area contributed by atoms with Gasteiger partial charge in [0.15, 0.2) is 0 Å². The summed E-state index contributed by atoms with van der Waals surface area (Å²) in [4.78, 5) is 12.6. The topological polar surface area (TPSA) is 29.5 Å². The van der Waals surface area contributed by atoms with E-state index in [4.69, 9.17) is 11.2 Å². The Labute approximate surface area is 149 Å². The number of carbonyl (C=O) groups is 1. The van der Waals surface area contributed by atoms with Crippen LogP contribution in [0.25, 0.3) is 11.1 Å². The molecule has 2 aromatic carbocycles. The zero-order valence-electron chi connectivity index (χ0n) is 13.8. The Morgan fingerprint density at radius 1 is 1.08 bits per heavy atom. The molecular formula is C20H16F3NO2. The fourth-order valence-corrected chi connectivity index (χ4v) is 3.20. The Kier molecular flexibility index (Phi) is 4.90. The third kappa shape index (κ3) is 3.67. The van der Waals surface area contributed by atoms with E-state index in [1.807, 2.05) is 48.5 Å². The van der Waals surface area contributed by atoms with Crippen LogP contribution < -0.4 is 0 Å². The molecule has 0 saturated heterocycles. The zero-order chi connectivity index (χ0) is 18.7. The van der Waals surface area contributed by atoms with E-state index < -0.39 is 25.4 Å². The number of ether oxygens (including phenoxy) is 1. The largest absolute Gasteiger partial charge is 0.448 e. The van der Waals surface area contributed by atoms with Gasteiger partial charge in [-0.2, -0.15) is 13.2 Å². The first-order chi connectivity index (χ1) is 12.4. The molecule has 6 heteroatoms. The van der Waals surface area contributed by atoms with Crippen molar-refractivity contribution in [3.05, 3.63) is 59.7 Å². The van der Waals surface area contributed by atoms with E-state index in [-0.39, 0.29) is 12.5 Å². The van der Waals surface area contributed by atoms with E-state index in [2.05, 4.69) is 5.92 Å². The van der Waals surface area contributed by atoms with Crippen LogP contribution >= 0.6 is 0 Å². The molecule has 0 saturated carbocycles. The van der Waals surface area contributed by atoms with Crippen molar-refractivity contribution < 1.29 is 22.7 Å². The van der Waals surface area contributed by atoms with Crippen LogP contribution in [0.4, 0.5) is 18.0 Å². The van der Waals surface area contributed by atoms with Gasteiger partial charge in [0.05, 0.1) is 6.54 Å². The van der Waals surface area contributed by atoms with Gasteiger partial charge in [-0.1, -0.05) is 54.5 Å². The highest BCUT2D eigenvalue weighted by Crippen LogP contribution is 2.44. The first-order valence-corrected chi connectivity index (χ1v) is 8.01. The van der Waals surface area contributed by atoms with Crippen LogP contribution in [0, 0.1) is 12.3 Å². The van der Waals surface area contributed by atoms with Crippen molar-refractivity contribution in [3.63, 3.8) is 0 Å². The number of rotatable bonds is 4. The van der Waals surface area contributed by atoms with Crippen molar-refractivity contribution in [2.24, 2.45) is 0 Å². The second-order valence-corrected chi connectivity index (χ2v) is 5.98. The highest BCUT2D eigenvalue weighted by molar-refractivity contribution is 5.79. The molecule has 0 bridgehead atoms. The Hall–Kier alpha value is -2.94. The standard InChI is InChI=1S/C20H16F3NO2/c1-2-11-24(13-20(21,22)23)19(25)26-12-18-16-9-5-3-7-14(16)15-8-4-6-10-17(15)18/h1,3-10,18H,11-13H2. The summed E-state index contributed by atoms with van der Waals surface area (Å²) < 4.78 is 43.0. The first-order valence-electron chi connectivity index (χ1n) is 8.01. The quantitative estimate of drug-likeness (QED) is 0.756. The van der Waals surface area contributed by atoms with Crippen molar-refractivity contribution >= 4 is 6.09 Å². The first kappa shape index (κ1) is 17.9. The maximum atomic E-state index is 12.6. The molecule has 1 aliphatic rings. The molecule has 0 aromatic heterocycles. The van der Waals surface area contributed by atoms with E-state index in [9.17, 15) is 18.0 Å². The SMILES string of the molecule is C#CCN(CC(F)(F)F)C(=O)OCC1c2ccccc2-c2ccccc21. The smallest absolute Gasteiger partial charge is 0.410 e. The van der Waals surface area contributed by atoms with Crippen molar-refractivity contribution in [2.75, 3.05) is 19.7 Å². The molecule has 0 heterocycles. The molecule has 0 unspecified atom stereocenters. The lowest BCUT2D eigenvalue weighted by Crippen LogP contribution is -2.40. The maximum Gasteiger partial charge on any atom is 0.410 e. The summed E-state index contributed by atoms with van der Waals surface area (Å²) in [6.07, 6.45) is -0.543. The van der Waals surface area contributed by atoms with Gasteiger partial charge in [-0.15, -0.1) is 6.42 Å². The average Bonchev–Trinajstić information content (AvgIpc) is 2.92. The molecule has 26 heavy (non-hydrogen) atoms. The van der Waals surface area contributed by atoms with Crippen LogP contribution in [-0.4, -0.2) is 36.9 Å². The van der Waals surface area contributed by atoms with E-state index in [1.54, 1.807) is 0 Å². The van der Waals surface area contributed by atoms with Gasteiger partial charge in [0, 0.05) is 5.92 Å². The van der Waals surface area contributed by atoms with Gasteiger partial charge in [-0.25, -0.2) is 4.79 Å². The number of fused-ring (bicyclic) bond motifs is 3. The number of terminal acetylenes is 1. The summed E-state index contributed by atoms with van der Waals surface area (Å²) in [6.45, 7) is -1.95. The molecule has 0 radical (unpaired) electrons. The van der Waals surface area contributed by atoms with E-state index in [0.29, 0.717) is 4.90 Å². The normalized spacial score (nSPS) is 12.8. The van der Waals surface area contributed by atoms with Crippen LogP contribution in [0.15, 0.2) is 48.5 Å². The van der Waals surface area contributed by atoms with Crippen molar-refractivity contribution in [3.8, 4) is 23.5 Å². The van der Waals surface area contributed by atoms with Crippen LogP contribution in [0.5, 0.6) is 0 Å². The maximum absolute atomic E-state index is 12.6. The van der Waals surface area contributed by atoms with Crippen LogP contribution in [0.3, 0.4) is 0 Å². The molecule has 0 fully saturated rings. The summed E-state index contributed by atoms with van der Waals surface area (Å²) in [5.41, 5.74) is 4.06. The minimum absolute atomic E-state index is 0.0498. The molecule has 1 amide bonds. The van der Waals surface area contributed by atoms with Gasteiger partial charge in [-0.3, -0.25) is 4.90 Å². The predicted octanol–water partition coefficient (Wildman–Crippen LogP) is 4.43. The number of amides is 1. The van der Waals surface area contributed by atoms with Gasteiger partial charge >= 0.3 is 12.3 Å². The molecule has 0 N–H and O–H groups in total. The van der Waals surface area contributed by atoms with Crippen LogP contribution in [0.1, 0.15) is 17.0 Å². The number of nitrogens with zero attached hydrogens (tertiary/aromatic N) is 1. The molecule has 3 nitrogen and oxygen atoms in total. The monoisotopic (exact) mass is 359 g/mol. The second-order valence-electron chi connectivity index (χ2n) is 5.98. The lowest BCUT2D eigenvalue weighted by molar-refractivity contribution is -0.141. The lowest BCUT2D eigenvalue weighted by Gasteiger charge is -2.22. The van der Waals surface area contributed by atoms with Crippen molar-refractivity contribution in [1.82, 2.24) is 4.90 Å². The lowest BCUT2D eigenvalue weighted by atomic mass is 9.98. The molecule has 0 spiro atoms. The summed E-state index contributed by atoms with van der Waals surface area (Å²) in [6, 6.07) is 15.4. The van der Waals surface area contributed by atoms with Crippen LogP contribution in [0.2, 0.25) is 0 Å². The third-order valence-corrected chi connectivity index (χ3v) is 4.25. The second kappa shape index (κ2) is 7.12. The third-order valence-electron chi connectivity index (χ3n) is 4.25. The minimum Gasteiger partial charge on any atom is -0.448 e. The molecule has 0 atom stereocenters. The van der Waals surface area contributed by atoms with Crippen molar-refractivity contribution in [1.29, 1.82) is 0 Å². The summed E-state index contributed by atoms with van der Waals surface area (Å²) in [5, 5.41) is 0. The molecule has 2 aromatic rings. The van der Waals surface area contributed by atoms with E-state index in [1.165, 1.54) is 0 Å². The average molecular weight is 359 g/mol. The fourth-order valence-electron chi connectivity index (χ4n) is 3.20. The Bertz CT molecular complexity index is 809. The molecule has 0 aliphatic heterocycles. The summed E-state index contributed by atoms with van der Waals surface area (Å²) in [7, 11) is 0. The molecule has 1 aliphatic carbocycles. The molecule has 3 rings (SSSR count). The number of hydrogen-bond donors (Lipinski definition) is 0. The molecule has 134 valence electrons. The Balaban J connectivity index is 1.77. The van der Waals surface area contributed by atoms with Gasteiger partial charge in [0.25, 0.3) is 0 Å².